The molecule has 4 aromatic rings. The zero-order valence-corrected chi connectivity index (χ0v) is 24.8. The van der Waals surface area contributed by atoms with E-state index in [9.17, 15) is 18.0 Å². The number of hydrogen-bond donors (Lipinski definition) is 0. The van der Waals surface area contributed by atoms with Crippen molar-refractivity contribution in [1.29, 1.82) is 0 Å². The van der Waals surface area contributed by atoms with Crippen molar-refractivity contribution in [2.75, 3.05) is 19.6 Å². The van der Waals surface area contributed by atoms with Gasteiger partial charge in [-0.15, -0.1) is 0 Å². The smallest absolute Gasteiger partial charge is 0.331 e. The lowest BCUT2D eigenvalue weighted by atomic mass is 10.0. The molecule has 222 valence electrons. The summed E-state index contributed by atoms with van der Waals surface area (Å²) in [4.78, 5) is 23.0. The Labute approximate surface area is 249 Å². The van der Waals surface area contributed by atoms with Crippen LogP contribution in [0, 0.1) is 0 Å². The minimum Gasteiger partial charge on any atom is -0.331 e. The van der Waals surface area contributed by atoms with Crippen molar-refractivity contribution in [1.82, 2.24) is 19.4 Å². The minimum absolute atomic E-state index is 0.0594. The monoisotopic (exact) mass is 594 g/mol. The Morgan fingerprint density at radius 3 is 2.26 bits per heavy atom. The fraction of sp³-hybridized carbons (Fsp3) is 0.394. The largest absolute Gasteiger partial charge is 0.446 e. The molecule has 5 rings (SSSR count). The lowest BCUT2D eigenvalue weighted by Crippen LogP contribution is -2.33. The molecule has 0 unspecified atom stereocenters. The van der Waals surface area contributed by atoms with E-state index in [2.05, 4.69) is 46.7 Å². The van der Waals surface area contributed by atoms with Gasteiger partial charge < -0.3 is 9.47 Å². The second-order valence-corrected chi connectivity index (χ2v) is 12.0. The number of nitrogens with zero attached hydrogens (tertiary/aromatic N) is 4. The number of carbonyl (C=O) groups is 1. The topological polar surface area (TPSA) is 41.4 Å². The van der Waals surface area contributed by atoms with Crippen molar-refractivity contribution in [3.05, 3.63) is 95.3 Å². The number of imidazole rings is 1. The Balaban J connectivity index is 1.43. The number of alkyl halides is 3. The van der Waals surface area contributed by atoms with Crippen LogP contribution >= 0.6 is 11.8 Å². The number of halogens is 3. The van der Waals surface area contributed by atoms with Gasteiger partial charge in [0.25, 0.3) is 5.91 Å². The highest BCUT2D eigenvalue weighted by molar-refractivity contribution is 8.00. The quantitative estimate of drug-likeness (QED) is 0.165. The molecule has 1 fully saturated rings. The van der Waals surface area contributed by atoms with Gasteiger partial charge in [0.1, 0.15) is 5.82 Å². The van der Waals surface area contributed by atoms with E-state index in [4.69, 9.17) is 4.98 Å². The van der Waals surface area contributed by atoms with Gasteiger partial charge in [0, 0.05) is 30.1 Å². The summed E-state index contributed by atoms with van der Waals surface area (Å²) in [5.74, 6) is 0.578. The molecule has 0 spiro atoms. The number of benzene rings is 3. The van der Waals surface area contributed by atoms with E-state index in [1.54, 1.807) is 4.90 Å². The van der Waals surface area contributed by atoms with Gasteiger partial charge in [-0.3, -0.25) is 9.69 Å². The standard InChI is InChI=1S/C33H37F3N4OS/c1-2-3-21-39(32(41)25-15-17-28(18-16-25)42-33(34,35)36)24-31-37-29-13-7-8-14-30(29)40(31)23-27-12-6-5-11-26(27)22-38-19-9-4-10-20-38/h5-8,11-18H,2-4,9-10,19-24H2,1H3. The highest BCUT2D eigenvalue weighted by atomic mass is 32.2. The van der Waals surface area contributed by atoms with Crippen molar-refractivity contribution in [3.63, 3.8) is 0 Å². The third-order valence-electron chi connectivity index (χ3n) is 7.76. The Hall–Kier alpha value is -3.30. The number of unbranched alkanes of at least 4 members (excludes halogenated alkanes) is 1. The predicted molar refractivity (Wildman–Crippen MR) is 162 cm³/mol. The number of aromatic nitrogens is 2. The van der Waals surface area contributed by atoms with E-state index < -0.39 is 5.51 Å². The lowest BCUT2D eigenvalue weighted by molar-refractivity contribution is -0.0328. The van der Waals surface area contributed by atoms with Crippen LogP contribution in [0.15, 0.2) is 77.7 Å². The molecule has 1 saturated heterocycles. The van der Waals surface area contributed by atoms with E-state index in [0.717, 1.165) is 49.3 Å². The van der Waals surface area contributed by atoms with E-state index in [0.29, 0.717) is 25.2 Å². The molecular weight excluding hydrogens is 557 g/mol. The number of hydrogen-bond acceptors (Lipinski definition) is 4. The summed E-state index contributed by atoms with van der Waals surface area (Å²) >= 11 is -0.178. The van der Waals surface area contributed by atoms with Gasteiger partial charge in [0.15, 0.2) is 0 Å². The number of likely N-dealkylation sites (tertiary alicyclic amines) is 1. The molecule has 9 heteroatoms. The van der Waals surface area contributed by atoms with Gasteiger partial charge in [0.2, 0.25) is 0 Å². The SMILES string of the molecule is CCCCN(Cc1nc2ccccc2n1Cc1ccccc1CN1CCCCC1)C(=O)c1ccc(SC(F)(F)F)cc1. The van der Waals surface area contributed by atoms with Crippen molar-refractivity contribution in [3.8, 4) is 0 Å². The number of piperidine rings is 1. The van der Waals surface area contributed by atoms with Gasteiger partial charge in [-0.25, -0.2) is 4.98 Å². The Morgan fingerprint density at radius 1 is 0.905 bits per heavy atom. The Morgan fingerprint density at radius 2 is 1.57 bits per heavy atom. The van der Waals surface area contributed by atoms with Gasteiger partial charge in [-0.2, -0.15) is 13.2 Å². The number of carbonyl (C=O) groups excluding carboxylic acids is 1. The second kappa shape index (κ2) is 13.8. The zero-order chi connectivity index (χ0) is 29.5. The Kier molecular flexibility index (Phi) is 9.90. The van der Waals surface area contributed by atoms with E-state index in [-0.39, 0.29) is 22.6 Å². The summed E-state index contributed by atoms with van der Waals surface area (Å²) in [7, 11) is 0. The van der Waals surface area contributed by atoms with Crippen LogP contribution in [0.2, 0.25) is 0 Å². The van der Waals surface area contributed by atoms with Gasteiger partial charge in [-0.05, 0) is 91.6 Å². The van der Waals surface area contributed by atoms with Crippen molar-refractivity contribution < 1.29 is 18.0 Å². The van der Waals surface area contributed by atoms with Crippen molar-refractivity contribution >= 4 is 28.7 Å². The lowest BCUT2D eigenvalue weighted by Gasteiger charge is -2.27. The van der Waals surface area contributed by atoms with Crippen LogP contribution in [0.4, 0.5) is 13.2 Å². The van der Waals surface area contributed by atoms with Gasteiger partial charge in [0.05, 0.1) is 17.6 Å². The molecule has 0 atom stereocenters. The average Bonchev–Trinajstić information content (AvgIpc) is 3.32. The van der Waals surface area contributed by atoms with Gasteiger partial charge >= 0.3 is 5.51 Å². The first kappa shape index (κ1) is 30.2. The molecule has 5 nitrogen and oxygen atoms in total. The summed E-state index contributed by atoms with van der Waals surface area (Å²) in [6.07, 6.45) is 5.50. The molecule has 2 heterocycles. The fourth-order valence-electron chi connectivity index (χ4n) is 5.57. The van der Waals surface area contributed by atoms with Gasteiger partial charge in [-0.1, -0.05) is 56.2 Å². The molecule has 1 aliphatic heterocycles. The van der Waals surface area contributed by atoms with Crippen LogP contribution in [0.25, 0.3) is 11.0 Å². The van der Waals surface area contributed by atoms with Crippen molar-refractivity contribution in [2.45, 2.75) is 69.1 Å². The van der Waals surface area contributed by atoms with E-state index in [1.807, 2.05) is 18.2 Å². The maximum atomic E-state index is 13.7. The molecule has 42 heavy (non-hydrogen) atoms. The van der Waals surface area contributed by atoms with Crippen LogP contribution in [0.5, 0.6) is 0 Å². The summed E-state index contributed by atoms with van der Waals surface area (Å²) in [5, 5.41) is 0. The number of para-hydroxylation sites is 2. The summed E-state index contributed by atoms with van der Waals surface area (Å²) in [6.45, 7) is 6.71. The van der Waals surface area contributed by atoms with Crippen LogP contribution in [0.3, 0.4) is 0 Å². The second-order valence-electron chi connectivity index (χ2n) is 10.9. The van der Waals surface area contributed by atoms with Crippen LogP contribution < -0.4 is 0 Å². The van der Waals surface area contributed by atoms with E-state index >= 15 is 0 Å². The first-order valence-electron chi connectivity index (χ1n) is 14.7. The van der Waals surface area contributed by atoms with Crippen LogP contribution in [-0.4, -0.2) is 50.4 Å². The van der Waals surface area contributed by atoms with Crippen LogP contribution in [0.1, 0.15) is 66.3 Å². The Bertz CT molecular complexity index is 1480. The molecular formula is C33H37F3N4OS. The number of fused-ring (bicyclic) bond motifs is 1. The maximum Gasteiger partial charge on any atom is 0.446 e. The molecule has 0 bridgehead atoms. The molecule has 0 radical (unpaired) electrons. The minimum atomic E-state index is -4.37. The molecule has 0 saturated carbocycles. The average molecular weight is 595 g/mol. The van der Waals surface area contributed by atoms with Crippen molar-refractivity contribution in [2.24, 2.45) is 0 Å². The highest BCUT2D eigenvalue weighted by Crippen LogP contribution is 2.36. The molecule has 1 aromatic heterocycles. The summed E-state index contributed by atoms with van der Waals surface area (Å²) in [5.41, 5.74) is 0.418. The maximum absolute atomic E-state index is 13.7. The number of rotatable bonds is 11. The molecule has 0 aliphatic carbocycles. The zero-order valence-electron chi connectivity index (χ0n) is 23.9. The third kappa shape index (κ3) is 7.75. The third-order valence-corrected chi connectivity index (χ3v) is 8.50. The molecule has 1 amide bonds. The highest BCUT2D eigenvalue weighted by Gasteiger charge is 2.29. The predicted octanol–water partition coefficient (Wildman–Crippen LogP) is 8.12. The normalized spacial score (nSPS) is 14.4. The fourth-order valence-corrected chi connectivity index (χ4v) is 6.11. The summed E-state index contributed by atoms with van der Waals surface area (Å²) < 4.78 is 40.6. The van der Waals surface area contributed by atoms with Crippen LogP contribution in [-0.2, 0) is 19.6 Å². The molecule has 1 aliphatic rings. The first-order chi connectivity index (χ1) is 20.3. The molecule has 3 aromatic carbocycles. The summed E-state index contributed by atoms with van der Waals surface area (Å²) in [6, 6.07) is 22.3. The van der Waals surface area contributed by atoms with E-state index in [1.165, 1.54) is 54.7 Å². The first-order valence-corrected chi connectivity index (χ1v) is 15.5. The molecule has 0 N–H and O–H groups in total. The number of amides is 1. The number of thioether (sulfide) groups is 1.